The van der Waals surface area contributed by atoms with Crippen LogP contribution in [0.3, 0.4) is 0 Å². The number of halogens is 2. The van der Waals surface area contributed by atoms with Crippen LogP contribution in [0.25, 0.3) is 0 Å². The minimum Gasteiger partial charge on any atom is -0.346 e. The number of nitrogens with one attached hydrogen (secondary N) is 1. The average Bonchev–Trinajstić information content (AvgIpc) is 3.17. The van der Waals surface area contributed by atoms with Gasteiger partial charge >= 0.3 is 0 Å². The molecule has 1 unspecified atom stereocenters. The van der Waals surface area contributed by atoms with E-state index < -0.39 is 5.41 Å². The van der Waals surface area contributed by atoms with Crippen molar-refractivity contribution in [2.75, 3.05) is 13.1 Å². The summed E-state index contributed by atoms with van der Waals surface area (Å²) in [6.45, 7) is 8.67. The Morgan fingerprint density at radius 1 is 1.29 bits per heavy atom. The second-order valence-corrected chi connectivity index (χ2v) is 10.2. The van der Waals surface area contributed by atoms with Crippen LogP contribution in [0, 0.1) is 11.3 Å². The van der Waals surface area contributed by atoms with Crippen LogP contribution in [-0.2, 0) is 11.3 Å². The third-order valence-corrected chi connectivity index (χ3v) is 6.78. The van der Waals surface area contributed by atoms with Gasteiger partial charge in [-0.3, -0.25) is 9.69 Å². The Morgan fingerprint density at radius 3 is 2.57 bits per heavy atom. The number of likely N-dealkylation sites (tertiary alicyclic amines) is 1. The lowest BCUT2D eigenvalue weighted by Gasteiger charge is -2.36. The van der Waals surface area contributed by atoms with Gasteiger partial charge in [0.25, 0.3) is 0 Å². The molecule has 1 atom stereocenters. The molecule has 0 aliphatic carbocycles. The van der Waals surface area contributed by atoms with Gasteiger partial charge in [-0.15, -0.1) is 11.3 Å². The van der Waals surface area contributed by atoms with Gasteiger partial charge in [0.05, 0.1) is 16.1 Å². The van der Waals surface area contributed by atoms with Gasteiger partial charge in [0.2, 0.25) is 5.91 Å². The number of aromatic nitrogens is 1. The molecule has 1 amide bonds. The quantitative estimate of drug-likeness (QED) is 0.662. The van der Waals surface area contributed by atoms with E-state index in [1.54, 1.807) is 11.3 Å². The third-order valence-electron chi connectivity index (χ3n) is 5.18. The number of carbonyl (C=O) groups excluding carboxylic acids is 1. The van der Waals surface area contributed by atoms with E-state index in [9.17, 15) is 4.79 Å². The molecule has 3 rings (SSSR count). The van der Waals surface area contributed by atoms with Crippen LogP contribution < -0.4 is 5.32 Å². The summed E-state index contributed by atoms with van der Waals surface area (Å²) in [6.07, 6.45) is 3.86. The second kappa shape index (κ2) is 9.12. The molecule has 1 N–H and O–H groups in total. The first-order valence-electron chi connectivity index (χ1n) is 9.60. The van der Waals surface area contributed by atoms with Crippen LogP contribution in [-0.4, -0.2) is 28.9 Å². The molecule has 0 bridgehead atoms. The average molecular weight is 440 g/mol. The Kier molecular flexibility index (Phi) is 7.02. The van der Waals surface area contributed by atoms with Crippen LogP contribution in [0.5, 0.6) is 0 Å². The maximum Gasteiger partial charge on any atom is 0.225 e. The molecule has 1 fully saturated rings. The molecule has 0 saturated carbocycles. The fraction of sp³-hybridized carbons (Fsp3) is 0.524. The number of carbonyl (C=O) groups is 1. The summed E-state index contributed by atoms with van der Waals surface area (Å²) in [5.41, 5.74) is 0.759. The lowest BCUT2D eigenvalue weighted by atomic mass is 9.87. The first-order valence-corrected chi connectivity index (χ1v) is 11.2. The lowest BCUT2D eigenvalue weighted by Crippen LogP contribution is -2.43. The number of thiazole rings is 1. The van der Waals surface area contributed by atoms with Gasteiger partial charge in [-0.25, -0.2) is 4.98 Å². The first-order chi connectivity index (χ1) is 13.2. The fourth-order valence-electron chi connectivity index (χ4n) is 3.47. The van der Waals surface area contributed by atoms with E-state index in [1.165, 1.54) is 5.56 Å². The number of benzene rings is 1. The minimum atomic E-state index is -0.413. The number of hydrogen-bond donors (Lipinski definition) is 1. The van der Waals surface area contributed by atoms with Crippen molar-refractivity contribution in [1.82, 2.24) is 15.2 Å². The molecule has 1 aliphatic heterocycles. The van der Waals surface area contributed by atoms with Crippen LogP contribution in [0.1, 0.15) is 50.2 Å². The summed E-state index contributed by atoms with van der Waals surface area (Å²) in [5, 5.41) is 7.43. The van der Waals surface area contributed by atoms with Crippen molar-refractivity contribution in [3.63, 3.8) is 0 Å². The topological polar surface area (TPSA) is 45.2 Å². The molecule has 2 aromatic rings. The molecule has 2 heterocycles. The molecular weight excluding hydrogens is 413 g/mol. The molecule has 4 nitrogen and oxygen atoms in total. The van der Waals surface area contributed by atoms with Crippen molar-refractivity contribution in [3.05, 3.63) is 50.4 Å². The van der Waals surface area contributed by atoms with Gasteiger partial charge < -0.3 is 5.32 Å². The zero-order valence-electron chi connectivity index (χ0n) is 16.5. The highest BCUT2D eigenvalue weighted by Gasteiger charge is 2.33. The number of nitrogens with zero attached hydrogens (tertiary/aromatic N) is 2. The number of piperidine rings is 1. The first kappa shape index (κ1) is 21.6. The van der Waals surface area contributed by atoms with E-state index in [0.29, 0.717) is 16.0 Å². The van der Waals surface area contributed by atoms with Crippen LogP contribution in [0.15, 0.2) is 29.8 Å². The summed E-state index contributed by atoms with van der Waals surface area (Å²) < 4.78 is 0. The van der Waals surface area contributed by atoms with E-state index in [0.717, 1.165) is 37.5 Å². The van der Waals surface area contributed by atoms with Crippen LogP contribution in [0.4, 0.5) is 0 Å². The van der Waals surface area contributed by atoms with E-state index in [1.807, 2.05) is 50.5 Å². The fourth-order valence-corrected chi connectivity index (χ4v) is 4.57. The normalized spacial score (nSPS) is 17.5. The van der Waals surface area contributed by atoms with Crippen molar-refractivity contribution in [2.45, 2.75) is 46.2 Å². The summed E-state index contributed by atoms with van der Waals surface area (Å²) in [6, 6.07) is 5.81. The van der Waals surface area contributed by atoms with E-state index >= 15 is 0 Å². The largest absolute Gasteiger partial charge is 0.346 e. The van der Waals surface area contributed by atoms with Crippen molar-refractivity contribution < 1.29 is 4.79 Å². The summed E-state index contributed by atoms with van der Waals surface area (Å²) in [5.74, 6) is 0.466. The molecule has 0 spiro atoms. The molecule has 1 aromatic carbocycles. The van der Waals surface area contributed by atoms with Crippen LogP contribution in [0.2, 0.25) is 10.0 Å². The molecule has 1 aliphatic rings. The number of hydrogen-bond acceptors (Lipinski definition) is 4. The Labute approximate surface area is 181 Å². The Balaban J connectivity index is 1.63. The molecule has 1 saturated heterocycles. The molecule has 7 heteroatoms. The van der Waals surface area contributed by atoms with Gasteiger partial charge in [-0.2, -0.15) is 0 Å². The van der Waals surface area contributed by atoms with E-state index in [2.05, 4.69) is 15.2 Å². The standard InChI is InChI=1S/C21H27Cl2N3OS/c1-21(2,3)20(27)25-18(19-24-8-11-28-19)15-6-9-26(10-7-15)13-14-4-5-16(22)17(23)12-14/h4-5,8,11-12,15,18H,6-7,9-10,13H2,1-3H3,(H,25,27). The zero-order chi connectivity index (χ0) is 20.3. The maximum atomic E-state index is 12.6. The van der Waals surface area contributed by atoms with Gasteiger partial charge in [0.1, 0.15) is 5.01 Å². The molecule has 28 heavy (non-hydrogen) atoms. The smallest absolute Gasteiger partial charge is 0.225 e. The highest BCUT2D eigenvalue weighted by atomic mass is 35.5. The minimum absolute atomic E-state index is 0.0150. The molecule has 152 valence electrons. The summed E-state index contributed by atoms with van der Waals surface area (Å²) in [4.78, 5) is 19.5. The Bertz CT molecular complexity index is 796. The molecular formula is C21H27Cl2N3OS. The monoisotopic (exact) mass is 439 g/mol. The van der Waals surface area contributed by atoms with Crippen LogP contribution >= 0.6 is 34.5 Å². The lowest BCUT2D eigenvalue weighted by molar-refractivity contribution is -0.129. The SMILES string of the molecule is CC(C)(C)C(=O)NC(c1nccs1)C1CCN(Cc2ccc(Cl)c(Cl)c2)CC1. The molecule has 0 radical (unpaired) electrons. The number of rotatable bonds is 5. The highest BCUT2D eigenvalue weighted by Crippen LogP contribution is 2.33. The van der Waals surface area contributed by atoms with E-state index in [-0.39, 0.29) is 11.9 Å². The van der Waals surface area contributed by atoms with Crippen molar-refractivity contribution >= 4 is 40.4 Å². The predicted molar refractivity (Wildman–Crippen MR) is 117 cm³/mol. The maximum absolute atomic E-state index is 12.6. The molecule has 1 aromatic heterocycles. The van der Waals surface area contributed by atoms with E-state index in [4.69, 9.17) is 23.2 Å². The second-order valence-electron chi connectivity index (χ2n) is 8.43. The third kappa shape index (κ3) is 5.47. The number of amides is 1. The summed E-state index contributed by atoms with van der Waals surface area (Å²) in [7, 11) is 0. The van der Waals surface area contributed by atoms with Crippen molar-refractivity contribution in [3.8, 4) is 0 Å². The van der Waals surface area contributed by atoms with Gasteiger partial charge in [-0.1, -0.05) is 50.0 Å². The van der Waals surface area contributed by atoms with Gasteiger partial charge in [-0.05, 0) is 49.5 Å². The summed E-state index contributed by atoms with van der Waals surface area (Å²) >= 11 is 13.8. The van der Waals surface area contributed by atoms with Gasteiger partial charge in [0.15, 0.2) is 0 Å². The van der Waals surface area contributed by atoms with Crippen molar-refractivity contribution in [2.24, 2.45) is 11.3 Å². The van der Waals surface area contributed by atoms with Gasteiger partial charge in [0, 0.05) is 23.5 Å². The Morgan fingerprint density at radius 2 is 2.00 bits per heavy atom. The Hall–Kier alpha value is -1.14. The van der Waals surface area contributed by atoms with Crippen molar-refractivity contribution in [1.29, 1.82) is 0 Å². The zero-order valence-corrected chi connectivity index (χ0v) is 18.9. The predicted octanol–water partition coefficient (Wildman–Crippen LogP) is 5.57. The highest BCUT2D eigenvalue weighted by molar-refractivity contribution is 7.09.